The van der Waals surface area contributed by atoms with Crippen LogP contribution >= 0.6 is 31.7 Å². The Morgan fingerprint density at radius 3 is 0.741 bits per heavy atom. The molecule has 0 saturated heterocycles. The number of rotatable bonds is 18. The fraction of sp³-hybridized carbons (Fsp3) is 0.573. The number of aromatic nitrogens is 3. The number of allylic oxidation sites excluding steroid dienone is 6. The van der Waals surface area contributed by atoms with Crippen molar-refractivity contribution in [2.45, 2.75) is 302 Å². The van der Waals surface area contributed by atoms with Crippen LogP contribution in [-0.4, -0.2) is 112 Å². The summed E-state index contributed by atoms with van der Waals surface area (Å²) in [5.41, 5.74) is 5.22. The Kier molecular flexibility index (Phi) is 103. The first-order valence-corrected chi connectivity index (χ1v) is 44.1. The molecule has 3 heterocycles. The molecule has 2 aliphatic carbocycles. The Bertz CT molecular complexity index is 2270. The Morgan fingerprint density at radius 1 is 0.352 bits per heavy atom. The van der Waals surface area contributed by atoms with Crippen molar-refractivity contribution in [2.24, 2.45) is 0 Å². The van der Waals surface area contributed by atoms with E-state index >= 15 is 0 Å². The van der Waals surface area contributed by atoms with Gasteiger partial charge in [0.1, 0.15) is 0 Å². The second-order valence-electron chi connectivity index (χ2n) is 31.5. The summed E-state index contributed by atoms with van der Waals surface area (Å²) >= 11 is 0. The third-order valence-corrected chi connectivity index (χ3v) is 33.1. The van der Waals surface area contributed by atoms with Crippen LogP contribution < -0.4 is 0 Å². The fourth-order valence-electron chi connectivity index (χ4n) is 11.6. The van der Waals surface area contributed by atoms with Gasteiger partial charge in [-0.3, -0.25) is 15.0 Å². The van der Waals surface area contributed by atoms with Gasteiger partial charge in [-0.15, -0.1) is 57.8 Å². The van der Waals surface area contributed by atoms with Gasteiger partial charge in [0.15, 0.2) is 0 Å². The molecule has 6 N–H and O–H groups in total. The summed E-state index contributed by atoms with van der Waals surface area (Å²) in [6.45, 7) is 102. The Hall–Kier alpha value is -0.629. The van der Waals surface area contributed by atoms with E-state index in [0.717, 1.165) is 42.5 Å². The van der Waals surface area contributed by atoms with E-state index in [4.69, 9.17) is 30.6 Å². The maximum atomic E-state index is 8.10. The summed E-state index contributed by atoms with van der Waals surface area (Å²) in [6, 6.07) is 17.4. The summed E-state index contributed by atoms with van der Waals surface area (Å²) in [4.78, 5) is 12.4. The number of unbranched alkanes of at least 4 members (excludes halogenated alkanes) is 1. The van der Waals surface area contributed by atoms with Crippen LogP contribution in [0.25, 0.3) is 11.4 Å². The SMILES string of the molecule is C=C(O)C[CH2-].C=C(O)C[CH2-].C=C(O)C[CH2-].C=C(O)C[CH2-].C=C(O)C[CH2-].C=C(O)C[CH2-].[CH2-]CCC[PH+](C(C)(C)C)C(C)(C)C.[CH2-]CC[PH+](C(C)(C)C)C(C)(C)C.[CH2-]CC[PH+](C1CCCCC1)C1CCCCC1.[CH2-]C[PH+](C(C)(C)C)C(C)(C)C.[CH2-]Cc1ccccn1.[Ni+2].[Ni+2].[Ni+2].[Ni+2].[Ni+2].[Ni].c1ccc(-c2ccccn2)nc1. The molecular formula is C89H162N3Ni6O6P4+3. The van der Waals surface area contributed by atoms with Crippen LogP contribution in [-0.2, 0) is 105 Å². The van der Waals surface area contributed by atoms with Gasteiger partial charge in [0.2, 0.25) is 0 Å². The van der Waals surface area contributed by atoms with Crippen molar-refractivity contribution in [1.82, 2.24) is 15.0 Å². The van der Waals surface area contributed by atoms with Crippen LogP contribution in [0.2, 0.25) is 0 Å². The number of pyridine rings is 3. The average Bonchev–Trinajstić information content (AvgIpc) is 0.848. The van der Waals surface area contributed by atoms with Gasteiger partial charge in [-0.05, 0) is 227 Å². The number of aliphatic hydroxyl groups excluding tert-OH is 6. The third-order valence-electron chi connectivity index (χ3n) is 15.8. The summed E-state index contributed by atoms with van der Waals surface area (Å²) in [6.07, 6.45) is 34.2. The van der Waals surface area contributed by atoms with Crippen molar-refractivity contribution in [3.63, 3.8) is 0 Å². The molecule has 0 unspecified atom stereocenters. The summed E-state index contributed by atoms with van der Waals surface area (Å²) in [5, 5.41) is 51.7. The third kappa shape index (κ3) is 89.3. The Labute approximate surface area is 736 Å². The molecule has 646 valence electrons. The molecule has 2 aliphatic rings. The van der Waals surface area contributed by atoms with Crippen LogP contribution in [0.15, 0.2) is 147 Å². The molecule has 0 radical (unpaired) electrons. The summed E-state index contributed by atoms with van der Waals surface area (Å²) < 4.78 is 0. The summed E-state index contributed by atoms with van der Waals surface area (Å²) in [7, 11) is -0.953. The average molecular weight is 1850 g/mol. The van der Waals surface area contributed by atoms with Crippen molar-refractivity contribution in [3.8, 4) is 11.4 Å². The predicted molar refractivity (Wildman–Crippen MR) is 476 cm³/mol. The molecule has 2 fully saturated rings. The van der Waals surface area contributed by atoms with Gasteiger partial charge in [0, 0.05) is 76.9 Å². The van der Waals surface area contributed by atoms with Gasteiger partial charge in [0.25, 0.3) is 0 Å². The van der Waals surface area contributed by atoms with E-state index in [1.165, 1.54) is 81.2 Å². The van der Waals surface area contributed by atoms with Crippen LogP contribution in [0.4, 0.5) is 0 Å². The van der Waals surface area contributed by atoms with E-state index in [9.17, 15) is 0 Å². The first kappa shape index (κ1) is 136. The number of aliphatic hydroxyl groups is 6. The van der Waals surface area contributed by atoms with E-state index in [2.05, 4.69) is 255 Å². The smallest absolute Gasteiger partial charge is 0.516 e. The molecule has 0 aromatic carbocycles. The van der Waals surface area contributed by atoms with E-state index in [0.29, 0.717) is 69.5 Å². The van der Waals surface area contributed by atoms with Gasteiger partial charge >= 0.3 is 82.5 Å². The second-order valence-corrected chi connectivity index (χ2v) is 48.1. The maximum absolute atomic E-state index is 8.10. The van der Waals surface area contributed by atoms with Crippen molar-refractivity contribution < 1.29 is 130 Å². The first-order chi connectivity index (χ1) is 47.0. The predicted octanol–water partition coefficient (Wildman–Crippen LogP) is 28.4. The zero-order valence-corrected chi connectivity index (χ0v) is 81.1. The number of nitrogens with zero attached hydrogens (tertiary/aromatic N) is 3. The maximum Gasteiger partial charge on any atom is 2.00 e. The van der Waals surface area contributed by atoms with Crippen LogP contribution in [0.1, 0.15) is 259 Å². The van der Waals surface area contributed by atoms with Gasteiger partial charge in [-0.1, -0.05) is 76.7 Å². The molecule has 3 aromatic rings. The molecule has 108 heavy (non-hydrogen) atoms. The van der Waals surface area contributed by atoms with Crippen molar-refractivity contribution in [3.05, 3.63) is 229 Å². The zero-order chi connectivity index (χ0) is 80.9. The second kappa shape index (κ2) is 81.5. The van der Waals surface area contributed by atoms with E-state index in [1.54, 1.807) is 44.3 Å². The number of hydrogen-bond acceptors (Lipinski definition) is 9. The summed E-state index contributed by atoms with van der Waals surface area (Å²) in [5.74, 6) is 0.861. The molecule has 0 bridgehead atoms. The Balaban J connectivity index is -0.0000000844. The zero-order valence-electron chi connectivity index (χ0n) is 71.2. The topological polar surface area (TPSA) is 160 Å². The minimum atomic E-state index is -0.326. The normalized spacial score (nSPS) is 12.2. The first-order valence-electron chi connectivity index (χ1n) is 37.1. The molecule has 0 aliphatic heterocycles. The van der Waals surface area contributed by atoms with E-state index < -0.39 is 0 Å². The quantitative estimate of drug-likeness (QED) is 0.0315. The van der Waals surface area contributed by atoms with E-state index in [1.807, 2.05) is 54.6 Å². The fourth-order valence-corrected chi connectivity index (χ4v) is 28.0. The van der Waals surface area contributed by atoms with Crippen LogP contribution in [0, 0.1) is 76.2 Å². The van der Waals surface area contributed by atoms with Crippen molar-refractivity contribution >= 4 is 31.7 Å². The molecule has 2 saturated carbocycles. The van der Waals surface area contributed by atoms with Gasteiger partial charge in [0.05, 0.1) is 94.4 Å². The van der Waals surface area contributed by atoms with Gasteiger partial charge in [-0.2, -0.15) is 6.42 Å². The molecule has 0 atom stereocenters. The minimum absolute atomic E-state index is 0. The molecule has 9 nitrogen and oxygen atoms in total. The molecule has 0 amide bonds. The monoisotopic (exact) mass is 1840 g/mol. The van der Waals surface area contributed by atoms with Gasteiger partial charge < -0.3 is 107 Å². The minimum Gasteiger partial charge on any atom is -0.516 e. The van der Waals surface area contributed by atoms with Crippen molar-refractivity contribution in [1.29, 1.82) is 0 Å². The number of hydrogen-bond donors (Lipinski definition) is 6. The largest absolute Gasteiger partial charge is 2.00 e. The van der Waals surface area contributed by atoms with Crippen molar-refractivity contribution in [2.75, 3.05) is 24.6 Å². The standard InChI is InChI=1S/C15H28P.C12H26P.C11H24P.C10H8N2.C10H22P.C7H8N.6C4H7O.6Ni/c1-2-13-16(14-9-5-3-6-10-14)15-11-7-4-8-12-15;1-8-9-10-13(11(2,3)4)12(5,6)7;1-8-9-12(10(2,3)4)11(5,6)7;1-3-7-11-9(5-1)10-6-2-4-8-12-10;1-8-11(9(2,3)4)10(5,6)7;1-2-7-5-3-4-6-8-7;6*1-3-4(2)5;;;;;;/h14-15H,1-13H2;1,8-10H2,2-7H3;1,8-9H2,2-7H3;1-8H;1,8H2,2-7H3;3-6H,1-2H2;6*5H,1-3H2;;;;;;/q3*-1;;8*-1;;5*+2/p+4. The molecule has 0 spiro atoms. The van der Waals surface area contributed by atoms with Crippen LogP contribution in [0.3, 0.4) is 0 Å². The van der Waals surface area contributed by atoms with E-state index in [-0.39, 0.29) is 165 Å². The molecular weight excluding hydrogens is 1680 g/mol. The molecule has 5 rings (SSSR count). The molecule has 3 aromatic heterocycles. The molecule has 19 heteroatoms. The Morgan fingerprint density at radius 2 is 0.593 bits per heavy atom. The van der Waals surface area contributed by atoms with Crippen LogP contribution in [0.5, 0.6) is 0 Å². The van der Waals surface area contributed by atoms with Gasteiger partial charge in [-0.25, -0.2) is 0 Å².